The van der Waals surface area contributed by atoms with Crippen molar-refractivity contribution in [3.63, 3.8) is 0 Å². The highest BCUT2D eigenvalue weighted by atomic mass is 16.2. The fourth-order valence-corrected chi connectivity index (χ4v) is 5.38. The van der Waals surface area contributed by atoms with E-state index in [4.69, 9.17) is 0 Å². The molecule has 4 rings (SSSR count). The molecular weight excluding hydrogens is 362 g/mol. The van der Waals surface area contributed by atoms with Gasteiger partial charge in [0.1, 0.15) is 0 Å². The zero-order valence-corrected chi connectivity index (χ0v) is 17.9. The van der Waals surface area contributed by atoms with Crippen LogP contribution in [0.2, 0.25) is 0 Å². The van der Waals surface area contributed by atoms with E-state index in [2.05, 4.69) is 37.1 Å². The van der Waals surface area contributed by atoms with Gasteiger partial charge >= 0.3 is 0 Å². The molecule has 0 radical (unpaired) electrons. The van der Waals surface area contributed by atoms with E-state index in [1.807, 2.05) is 19.4 Å². The number of aromatic nitrogens is 1. The van der Waals surface area contributed by atoms with Crippen LogP contribution in [-0.4, -0.2) is 84.0 Å². The van der Waals surface area contributed by atoms with Crippen LogP contribution < -0.4 is 5.32 Å². The van der Waals surface area contributed by atoms with E-state index in [0.29, 0.717) is 18.0 Å². The van der Waals surface area contributed by atoms with E-state index >= 15 is 0 Å². The lowest BCUT2D eigenvalue weighted by atomic mass is 9.92. The van der Waals surface area contributed by atoms with Crippen LogP contribution in [-0.2, 0) is 11.3 Å². The minimum absolute atomic E-state index is 0.213. The summed E-state index contributed by atoms with van der Waals surface area (Å²) in [7, 11) is 2.03. The van der Waals surface area contributed by atoms with E-state index in [1.165, 1.54) is 31.4 Å². The SMILES string of the molecule is CNC1CCN(C(=O)[C@@H]2CCCN(C3CCN(Cc4ccncc4)CC3)C2)CC1. The lowest BCUT2D eigenvalue weighted by Gasteiger charge is -2.43. The largest absolute Gasteiger partial charge is 0.342 e. The molecule has 1 N–H and O–H groups in total. The third-order valence-corrected chi connectivity index (χ3v) is 7.25. The monoisotopic (exact) mass is 399 g/mol. The Morgan fingerprint density at radius 3 is 2.45 bits per heavy atom. The third kappa shape index (κ3) is 5.36. The van der Waals surface area contributed by atoms with Crippen molar-refractivity contribution in [2.24, 2.45) is 5.92 Å². The fourth-order valence-electron chi connectivity index (χ4n) is 5.38. The van der Waals surface area contributed by atoms with Crippen LogP contribution in [0.4, 0.5) is 0 Å². The lowest BCUT2D eigenvalue weighted by Crippen LogP contribution is -2.52. The summed E-state index contributed by atoms with van der Waals surface area (Å²) < 4.78 is 0. The summed E-state index contributed by atoms with van der Waals surface area (Å²) in [5.74, 6) is 0.629. The second-order valence-corrected chi connectivity index (χ2v) is 9.09. The van der Waals surface area contributed by atoms with Gasteiger partial charge in [0.05, 0.1) is 5.92 Å². The smallest absolute Gasteiger partial charge is 0.226 e. The Balaban J connectivity index is 1.24. The summed E-state index contributed by atoms with van der Waals surface area (Å²) in [5.41, 5.74) is 1.35. The molecule has 0 aromatic carbocycles. The number of pyridine rings is 1. The molecule has 4 heterocycles. The van der Waals surface area contributed by atoms with Gasteiger partial charge in [0.15, 0.2) is 0 Å². The Bertz CT molecular complexity index is 638. The molecule has 3 fully saturated rings. The molecule has 0 spiro atoms. The molecule has 160 valence electrons. The lowest BCUT2D eigenvalue weighted by molar-refractivity contribution is -0.139. The van der Waals surface area contributed by atoms with Gasteiger partial charge in [0.25, 0.3) is 0 Å². The number of hydrogen-bond donors (Lipinski definition) is 1. The van der Waals surface area contributed by atoms with E-state index in [9.17, 15) is 4.79 Å². The van der Waals surface area contributed by atoms with Crippen molar-refractivity contribution < 1.29 is 4.79 Å². The first-order chi connectivity index (χ1) is 14.2. The Morgan fingerprint density at radius 2 is 1.76 bits per heavy atom. The van der Waals surface area contributed by atoms with Gasteiger partial charge in [-0.05, 0) is 82.9 Å². The number of carbonyl (C=O) groups excluding carboxylic acids is 1. The maximum absolute atomic E-state index is 13.1. The van der Waals surface area contributed by atoms with Crippen LogP contribution in [0.3, 0.4) is 0 Å². The summed E-state index contributed by atoms with van der Waals surface area (Å²) >= 11 is 0. The molecule has 1 atom stereocenters. The van der Waals surface area contributed by atoms with Gasteiger partial charge in [0.2, 0.25) is 5.91 Å². The molecular formula is C23H37N5O. The number of likely N-dealkylation sites (tertiary alicyclic amines) is 3. The first-order valence-corrected chi connectivity index (χ1v) is 11.5. The molecule has 29 heavy (non-hydrogen) atoms. The van der Waals surface area contributed by atoms with Crippen molar-refractivity contribution in [3.8, 4) is 0 Å². The van der Waals surface area contributed by atoms with Gasteiger partial charge in [-0.25, -0.2) is 0 Å². The van der Waals surface area contributed by atoms with E-state index < -0.39 is 0 Å². The highest BCUT2D eigenvalue weighted by molar-refractivity contribution is 5.79. The average Bonchev–Trinajstić information content (AvgIpc) is 2.80. The fraction of sp³-hybridized carbons (Fsp3) is 0.739. The van der Waals surface area contributed by atoms with E-state index in [-0.39, 0.29) is 5.92 Å². The standard InChI is InChI=1S/C23H37N5O/c1-24-21-6-15-27(16-7-21)23(29)20-3-2-12-28(18-20)22-8-13-26(14-9-22)17-19-4-10-25-11-5-19/h4-5,10-11,20-22,24H,2-3,6-9,12-18H2,1H3/t20-/m1/s1. The summed E-state index contributed by atoms with van der Waals surface area (Å²) in [6.07, 6.45) is 10.6. The number of rotatable bonds is 5. The molecule has 6 nitrogen and oxygen atoms in total. The summed E-state index contributed by atoms with van der Waals surface area (Å²) in [6.45, 7) is 7.32. The van der Waals surface area contributed by atoms with Crippen molar-refractivity contribution in [1.29, 1.82) is 0 Å². The van der Waals surface area contributed by atoms with Crippen molar-refractivity contribution in [3.05, 3.63) is 30.1 Å². The van der Waals surface area contributed by atoms with Crippen LogP contribution in [0.1, 0.15) is 44.1 Å². The van der Waals surface area contributed by atoms with Gasteiger partial charge in [-0.2, -0.15) is 0 Å². The first kappa shape index (κ1) is 20.8. The number of nitrogens with one attached hydrogen (secondary N) is 1. The first-order valence-electron chi connectivity index (χ1n) is 11.5. The molecule has 6 heteroatoms. The molecule has 0 saturated carbocycles. The molecule has 0 aliphatic carbocycles. The van der Waals surface area contributed by atoms with E-state index in [1.54, 1.807) is 0 Å². The van der Waals surface area contributed by atoms with Crippen molar-refractivity contribution >= 4 is 5.91 Å². The molecule has 1 aromatic rings. The Hall–Kier alpha value is -1.50. The van der Waals surface area contributed by atoms with Gasteiger partial charge in [0, 0.05) is 50.7 Å². The van der Waals surface area contributed by atoms with Crippen molar-refractivity contribution in [2.45, 2.75) is 57.2 Å². The molecule has 1 aromatic heterocycles. The molecule has 3 saturated heterocycles. The summed E-state index contributed by atoms with van der Waals surface area (Å²) in [5, 5.41) is 3.36. The molecule has 1 amide bonds. The van der Waals surface area contributed by atoms with Crippen LogP contribution in [0.15, 0.2) is 24.5 Å². The second kappa shape index (κ2) is 10.0. The van der Waals surface area contributed by atoms with Crippen LogP contribution >= 0.6 is 0 Å². The Morgan fingerprint density at radius 1 is 1.03 bits per heavy atom. The summed E-state index contributed by atoms with van der Waals surface area (Å²) in [4.78, 5) is 24.5. The quantitative estimate of drug-likeness (QED) is 0.820. The number of hydrogen-bond acceptors (Lipinski definition) is 5. The molecule has 0 bridgehead atoms. The second-order valence-electron chi connectivity index (χ2n) is 9.09. The Labute approximate surface area is 175 Å². The number of nitrogens with zero attached hydrogens (tertiary/aromatic N) is 4. The molecule has 3 aliphatic heterocycles. The summed E-state index contributed by atoms with van der Waals surface area (Å²) in [6, 6.07) is 5.46. The van der Waals surface area contributed by atoms with Crippen LogP contribution in [0.5, 0.6) is 0 Å². The molecule has 0 unspecified atom stereocenters. The van der Waals surface area contributed by atoms with Gasteiger partial charge in [-0.15, -0.1) is 0 Å². The topological polar surface area (TPSA) is 51.7 Å². The number of piperidine rings is 3. The predicted octanol–water partition coefficient (Wildman–Crippen LogP) is 1.97. The van der Waals surface area contributed by atoms with Crippen LogP contribution in [0.25, 0.3) is 0 Å². The number of amides is 1. The zero-order valence-electron chi connectivity index (χ0n) is 17.9. The van der Waals surface area contributed by atoms with Gasteiger partial charge in [-0.3, -0.25) is 19.6 Å². The van der Waals surface area contributed by atoms with Crippen LogP contribution in [0, 0.1) is 5.92 Å². The minimum atomic E-state index is 0.213. The zero-order chi connectivity index (χ0) is 20.1. The van der Waals surface area contributed by atoms with Crippen molar-refractivity contribution in [2.75, 3.05) is 46.3 Å². The van der Waals surface area contributed by atoms with E-state index in [0.717, 1.165) is 58.5 Å². The highest BCUT2D eigenvalue weighted by Gasteiger charge is 2.34. The van der Waals surface area contributed by atoms with Gasteiger partial charge < -0.3 is 10.2 Å². The number of carbonyl (C=O) groups is 1. The molecule has 3 aliphatic rings. The maximum Gasteiger partial charge on any atom is 0.226 e. The van der Waals surface area contributed by atoms with Crippen molar-refractivity contribution in [1.82, 2.24) is 25.0 Å². The Kier molecular flexibility index (Phi) is 7.16. The minimum Gasteiger partial charge on any atom is -0.342 e. The highest BCUT2D eigenvalue weighted by Crippen LogP contribution is 2.26. The predicted molar refractivity (Wildman–Crippen MR) is 115 cm³/mol. The average molecular weight is 400 g/mol. The normalized spacial score (nSPS) is 26.0. The maximum atomic E-state index is 13.1. The van der Waals surface area contributed by atoms with Gasteiger partial charge in [-0.1, -0.05) is 0 Å². The third-order valence-electron chi connectivity index (χ3n) is 7.25.